The lowest BCUT2D eigenvalue weighted by molar-refractivity contribution is 0.0743. The SMILES string of the molecule is COc1ccc(OC)c(C(=O)N2CCN(c3ccccc3)CC2)c1. The highest BCUT2D eigenvalue weighted by Gasteiger charge is 2.24. The monoisotopic (exact) mass is 326 g/mol. The van der Waals surface area contributed by atoms with Crippen LogP contribution in [0.25, 0.3) is 0 Å². The van der Waals surface area contributed by atoms with Crippen LogP contribution >= 0.6 is 0 Å². The van der Waals surface area contributed by atoms with Crippen molar-refractivity contribution in [2.24, 2.45) is 0 Å². The molecule has 3 rings (SSSR count). The fraction of sp³-hybridized carbons (Fsp3) is 0.316. The smallest absolute Gasteiger partial charge is 0.257 e. The van der Waals surface area contributed by atoms with Crippen LogP contribution in [0.5, 0.6) is 11.5 Å². The Morgan fingerprint density at radius 1 is 0.917 bits per heavy atom. The highest BCUT2D eigenvalue weighted by Crippen LogP contribution is 2.26. The highest BCUT2D eigenvalue weighted by molar-refractivity contribution is 5.97. The molecule has 2 aromatic carbocycles. The van der Waals surface area contributed by atoms with Crippen molar-refractivity contribution in [3.8, 4) is 11.5 Å². The second-order valence-electron chi connectivity index (χ2n) is 5.68. The second-order valence-corrected chi connectivity index (χ2v) is 5.68. The maximum Gasteiger partial charge on any atom is 0.257 e. The molecule has 5 nitrogen and oxygen atoms in total. The molecule has 0 bridgehead atoms. The average molecular weight is 326 g/mol. The first kappa shape index (κ1) is 16.2. The number of amides is 1. The van der Waals surface area contributed by atoms with Crippen molar-refractivity contribution in [3.05, 3.63) is 54.1 Å². The third-order valence-electron chi connectivity index (χ3n) is 4.33. The van der Waals surface area contributed by atoms with Gasteiger partial charge < -0.3 is 19.3 Å². The molecule has 5 heteroatoms. The fourth-order valence-corrected chi connectivity index (χ4v) is 2.96. The summed E-state index contributed by atoms with van der Waals surface area (Å²) in [7, 11) is 3.17. The molecule has 1 heterocycles. The van der Waals surface area contributed by atoms with Gasteiger partial charge in [0, 0.05) is 31.9 Å². The molecule has 0 spiro atoms. The summed E-state index contributed by atoms with van der Waals surface area (Å²) in [4.78, 5) is 17.0. The van der Waals surface area contributed by atoms with Crippen LogP contribution in [0, 0.1) is 0 Å². The van der Waals surface area contributed by atoms with E-state index in [1.54, 1.807) is 32.4 Å². The number of carbonyl (C=O) groups is 1. The second kappa shape index (κ2) is 7.25. The molecule has 1 saturated heterocycles. The Labute approximate surface area is 142 Å². The van der Waals surface area contributed by atoms with Gasteiger partial charge in [-0.2, -0.15) is 0 Å². The molecule has 0 aliphatic carbocycles. The molecular formula is C19H22N2O3. The lowest BCUT2D eigenvalue weighted by Gasteiger charge is -2.36. The van der Waals surface area contributed by atoms with E-state index in [0.29, 0.717) is 30.2 Å². The van der Waals surface area contributed by atoms with Crippen LogP contribution in [0.15, 0.2) is 48.5 Å². The summed E-state index contributed by atoms with van der Waals surface area (Å²) in [6, 6.07) is 15.6. The molecule has 0 atom stereocenters. The Morgan fingerprint density at radius 3 is 2.25 bits per heavy atom. The number of ether oxygens (including phenoxy) is 2. The first-order valence-corrected chi connectivity index (χ1v) is 8.04. The number of hydrogen-bond acceptors (Lipinski definition) is 4. The van der Waals surface area contributed by atoms with E-state index in [0.717, 1.165) is 13.1 Å². The van der Waals surface area contributed by atoms with E-state index in [1.165, 1.54) is 5.69 Å². The Bertz CT molecular complexity index is 695. The number of benzene rings is 2. The minimum Gasteiger partial charge on any atom is -0.497 e. The number of anilines is 1. The van der Waals surface area contributed by atoms with Crippen LogP contribution < -0.4 is 14.4 Å². The van der Waals surface area contributed by atoms with Crippen molar-refractivity contribution >= 4 is 11.6 Å². The fourth-order valence-electron chi connectivity index (χ4n) is 2.96. The molecule has 0 radical (unpaired) electrons. The topological polar surface area (TPSA) is 42.0 Å². The quantitative estimate of drug-likeness (QED) is 0.866. The van der Waals surface area contributed by atoms with E-state index in [1.807, 2.05) is 23.1 Å². The zero-order chi connectivity index (χ0) is 16.9. The minimum atomic E-state index is -0.0153. The number of piperazine rings is 1. The van der Waals surface area contributed by atoms with Gasteiger partial charge in [-0.25, -0.2) is 0 Å². The van der Waals surface area contributed by atoms with Gasteiger partial charge in [0.1, 0.15) is 11.5 Å². The zero-order valence-electron chi connectivity index (χ0n) is 14.1. The summed E-state index contributed by atoms with van der Waals surface area (Å²) in [6.07, 6.45) is 0. The van der Waals surface area contributed by atoms with E-state index in [4.69, 9.17) is 9.47 Å². The van der Waals surface area contributed by atoms with Crippen LogP contribution in [0.2, 0.25) is 0 Å². The lowest BCUT2D eigenvalue weighted by Crippen LogP contribution is -2.48. The first-order valence-electron chi connectivity index (χ1n) is 8.04. The van der Waals surface area contributed by atoms with E-state index in [2.05, 4.69) is 17.0 Å². The lowest BCUT2D eigenvalue weighted by atomic mass is 10.1. The van der Waals surface area contributed by atoms with Gasteiger partial charge in [0.05, 0.1) is 19.8 Å². The maximum atomic E-state index is 12.9. The van der Waals surface area contributed by atoms with Crippen molar-refractivity contribution in [3.63, 3.8) is 0 Å². The Morgan fingerprint density at radius 2 is 1.62 bits per heavy atom. The summed E-state index contributed by atoms with van der Waals surface area (Å²) < 4.78 is 10.6. The van der Waals surface area contributed by atoms with Gasteiger partial charge in [-0.3, -0.25) is 4.79 Å². The average Bonchev–Trinajstić information content (AvgIpc) is 2.67. The number of nitrogens with zero attached hydrogens (tertiary/aromatic N) is 2. The molecule has 0 aromatic heterocycles. The molecule has 1 aliphatic rings. The largest absolute Gasteiger partial charge is 0.497 e. The molecule has 0 N–H and O–H groups in total. The predicted molar refractivity (Wildman–Crippen MR) is 94.1 cm³/mol. The normalized spacial score (nSPS) is 14.4. The third kappa shape index (κ3) is 3.30. The van der Waals surface area contributed by atoms with Gasteiger partial charge in [0.25, 0.3) is 5.91 Å². The minimum absolute atomic E-state index is 0.0153. The van der Waals surface area contributed by atoms with Gasteiger partial charge in [-0.15, -0.1) is 0 Å². The maximum absolute atomic E-state index is 12.9. The van der Waals surface area contributed by atoms with Crippen molar-refractivity contribution in [2.75, 3.05) is 45.3 Å². The van der Waals surface area contributed by atoms with Crippen molar-refractivity contribution in [1.29, 1.82) is 0 Å². The number of rotatable bonds is 4. The summed E-state index contributed by atoms with van der Waals surface area (Å²) in [6.45, 7) is 3.02. The van der Waals surface area contributed by atoms with E-state index >= 15 is 0 Å². The molecule has 126 valence electrons. The van der Waals surface area contributed by atoms with Gasteiger partial charge in [-0.1, -0.05) is 18.2 Å². The molecule has 0 saturated carbocycles. The standard InChI is InChI=1S/C19H22N2O3/c1-23-16-8-9-18(24-2)17(14-16)19(22)21-12-10-20(11-13-21)15-6-4-3-5-7-15/h3-9,14H,10-13H2,1-2H3. The molecular weight excluding hydrogens is 304 g/mol. The van der Waals surface area contributed by atoms with Crippen molar-refractivity contribution in [1.82, 2.24) is 4.90 Å². The van der Waals surface area contributed by atoms with Gasteiger partial charge in [-0.05, 0) is 30.3 Å². The molecule has 1 amide bonds. The van der Waals surface area contributed by atoms with Gasteiger partial charge in [0.2, 0.25) is 0 Å². The molecule has 2 aromatic rings. The predicted octanol–water partition coefficient (Wildman–Crippen LogP) is 2.67. The summed E-state index contributed by atoms with van der Waals surface area (Å²) >= 11 is 0. The molecule has 0 unspecified atom stereocenters. The van der Waals surface area contributed by atoms with Crippen molar-refractivity contribution < 1.29 is 14.3 Å². The van der Waals surface area contributed by atoms with Crippen LogP contribution in [-0.2, 0) is 0 Å². The number of hydrogen-bond donors (Lipinski definition) is 0. The number of carbonyl (C=O) groups excluding carboxylic acids is 1. The molecule has 1 fully saturated rings. The summed E-state index contributed by atoms with van der Waals surface area (Å²) in [5, 5.41) is 0. The van der Waals surface area contributed by atoms with Crippen molar-refractivity contribution in [2.45, 2.75) is 0 Å². The third-order valence-corrected chi connectivity index (χ3v) is 4.33. The number of para-hydroxylation sites is 1. The summed E-state index contributed by atoms with van der Waals surface area (Å²) in [5.41, 5.74) is 1.74. The Kier molecular flexibility index (Phi) is 4.89. The van der Waals surface area contributed by atoms with Crippen LogP contribution in [0.3, 0.4) is 0 Å². The van der Waals surface area contributed by atoms with E-state index in [-0.39, 0.29) is 5.91 Å². The summed E-state index contributed by atoms with van der Waals surface area (Å²) in [5.74, 6) is 1.21. The zero-order valence-corrected chi connectivity index (χ0v) is 14.1. The van der Waals surface area contributed by atoms with Gasteiger partial charge in [0.15, 0.2) is 0 Å². The first-order chi connectivity index (χ1) is 11.7. The van der Waals surface area contributed by atoms with Crippen LogP contribution in [-0.4, -0.2) is 51.2 Å². The van der Waals surface area contributed by atoms with Crippen LogP contribution in [0.4, 0.5) is 5.69 Å². The highest BCUT2D eigenvalue weighted by atomic mass is 16.5. The molecule has 1 aliphatic heterocycles. The van der Waals surface area contributed by atoms with Crippen LogP contribution in [0.1, 0.15) is 10.4 Å². The Balaban J connectivity index is 1.71. The molecule has 24 heavy (non-hydrogen) atoms. The Hall–Kier alpha value is -2.69. The van der Waals surface area contributed by atoms with E-state index in [9.17, 15) is 4.79 Å². The van der Waals surface area contributed by atoms with E-state index < -0.39 is 0 Å². The van der Waals surface area contributed by atoms with Gasteiger partial charge >= 0.3 is 0 Å². The number of methoxy groups -OCH3 is 2.